The quantitative estimate of drug-likeness (QED) is 0.825. The van der Waals surface area contributed by atoms with Crippen molar-refractivity contribution < 1.29 is 8.42 Å². The Hall–Kier alpha value is -0.630. The summed E-state index contributed by atoms with van der Waals surface area (Å²) in [5.74, 6) is 0. The fraction of sp³-hybridized carbons (Fsp3) is 0.667. The maximum atomic E-state index is 12.2. The van der Waals surface area contributed by atoms with Crippen molar-refractivity contribution in [3.8, 4) is 0 Å². The molecule has 0 amide bonds. The molecule has 8 heteroatoms. The normalized spacial score (nSPS) is 20.5. The molecule has 6 nitrogen and oxygen atoms in total. The zero-order valence-electron chi connectivity index (χ0n) is 9.80. The number of sulfonamides is 1. The SMILES string of the molecule is Cc1[nH]ncc1S(=O)(=O)N(C)C1CCNC1.Cl. The Morgan fingerprint density at radius 1 is 1.53 bits per heavy atom. The lowest BCUT2D eigenvalue weighted by Gasteiger charge is -2.22. The molecule has 0 bridgehead atoms. The Balaban J connectivity index is 0.00000144. The summed E-state index contributed by atoms with van der Waals surface area (Å²) in [6.07, 6.45) is 2.22. The third kappa shape index (κ3) is 2.62. The molecule has 1 aliphatic rings. The summed E-state index contributed by atoms with van der Waals surface area (Å²) in [5, 5.41) is 9.55. The van der Waals surface area contributed by atoms with Gasteiger partial charge < -0.3 is 5.32 Å². The number of aromatic nitrogens is 2. The number of aromatic amines is 1. The number of nitrogens with zero attached hydrogens (tertiary/aromatic N) is 2. The number of halogens is 1. The second kappa shape index (κ2) is 5.34. The van der Waals surface area contributed by atoms with Gasteiger partial charge in [0.15, 0.2) is 0 Å². The number of hydrogen-bond donors (Lipinski definition) is 2. The minimum absolute atomic E-state index is 0. The van der Waals surface area contributed by atoms with E-state index < -0.39 is 10.0 Å². The van der Waals surface area contributed by atoms with Crippen molar-refractivity contribution in [1.29, 1.82) is 0 Å². The first-order valence-corrected chi connectivity index (χ1v) is 6.66. The first-order valence-electron chi connectivity index (χ1n) is 5.22. The molecule has 2 N–H and O–H groups in total. The highest BCUT2D eigenvalue weighted by atomic mass is 35.5. The number of likely N-dealkylation sites (N-methyl/N-ethyl adjacent to an activating group) is 1. The molecule has 0 radical (unpaired) electrons. The van der Waals surface area contributed by atoms with E-state index in [4.69, 9.17) is 0 Å². The lowest BCUT2D eigenvalue weighted by molar-refractivity contribution is 0.387. The van der Waals surface area contributed by atoms with Crippen LogP contribution in [0.5, 0.6) is 0 Å². The van der Waals surface area contributed by atoms with Gasteiger partial charge in [0.2, 0.25) is 10.0 Å². The van der Waals surface area contributed by atoms with Crippen LogP contribution in [0, 0.1) is 6.92 Å². The maximum Gasteiger partial charge on any atom is 0.246 e. The summed E-state index contributed by atoms with van der Waals surface area (Å²) in [5.41, 5.74) is 0.581. The zero-order chi connectivity index (χ0) is 11.8. The van der Waals surface area contributed by atoms with Crippen LogP contribution in [0.25, 0.3) is 0 Å². The van der Waals surface area contributed by atoms with Gasteiger partial charge in [0.1, 0.15) is 4.90 Å². The molecule has 98 valence electrons. The molecule has 1 aliphatic heterocycles. The molecule has 0 aliphatic carbocycles. The summed E-state index contributed by atoms with van der Waals surface area (Å²) in [6.45, 7) is 3.29. The Morgan fingerprint density at radius 2 is 2.24 bits per heavy atom. The molecule has 0 aromatic carbocycles. The van der Waals surface area contributed by atoms with Crippen molar-refractivity contribution >= 4 is 22.4 Å². The van der Waals surface area contributed by atoms with Gasteiger partial charge in [-0.2, -0.15) is 9.40 Å². The molecule has 1 atom stereocenters. The highest BCUT2D eigenvalue weighted by Gasteiger charge is 2.31. The largest absolute Gasteiger partial charge is 0.315 e. The molecule has 2 rings (SSSR count). The Bertz CT molecular complexity index is 467. The lowest BCUT2D eigenvalue weighted by Crippen LogP contribution is -2.38. The van der Waals surface area contributed by atoms with Gasteiger partial charge in [-0.3, -0.25) is 5.10 Å². The van der Waals surface area contributed by atoms with Gasteiger partial charge in [-0.15, -0.1) is 12.4 Å². The van der Waals surface area contributed by atoms with E-state index in [1.165, 1.54) is 10.5 Å². The molecule has 0 saturated carbocycles. The van der Waals surface area contributed by atoms with Crippen molar-refractivity contribution in [2.24, 2.45) is 0 Å². The summed E-state index contributed by atoms with van der Waals surface area (Å²) < 4.78 is 25.9. The molecular weight excluding hydrogens is 264 g/mol. The molecule has 1 aromatic heterocycles. The van der Waals surface area contributed by atoms with Crippen LogP contribution in [0.1, 0.15) is 12.1 Å². The molecule has 1 unspecified atom stereocenters. The summed E-state index contributed by atoms with van der Waals surface area (Å²) in [6, 6.07) is 0.0410. The van der Waals surface area contributed by atoms with Gasteiger partial charge in [-0.1, -0.05) is 0 Å². The average Bonchev–Trinajstić information content (AvgIpc) is 2.86. The standard InChI is InChI=1S/C9H16N4O2S.ClH/c1-7-9(6-11-12-7)16(14,15)13(2)8-3-4-10-5-8;/h6,8,10H,3-5H2,1-2H3,(H,11,12);1H. The topological polar surface area (TPSA) is 78.1 Å². The monoisotopic (exact) mass is 280 g/mol. The van der Waals surface area contributed by atoms with Gasteiger partial charge in [0.25, 0.3) is 0 Å². The van der Waals surface area contributed by atoms with E-state index in [2.05, 4.69) is 15.5 Å². The lowest BCUT2D eigenvalue weighted by atomic mass is 10.3. The van der Waals surface area contributed by atoms with E-state index >= 15 is 0 Å². The molecular formula is C9H17ClN4O2S. The van der Waals surface area contributed by atoms with Crippen molar-refractivity contribution in [1.82, 2.24) is 19.8 Å². The van der Waals surface area contributed by atoms with Crippen molar-refractivity contribution in [3.05, 3.63) is 11.9 Å². The minimum atomic E-state index is -3.41. The smallest absolute Gasteiger partial charge is 0.246 e. The fourth-order valence-electron chi connectivity index (χ4n) is 1.90. The predicted molar refractivity (Wildman–Crippen MR) is 66.8 cm³/mol. The zero-order valence-corrected chi connectivity index (χ0v) is 11.4. The van der Waals surface area contributed by atoms with Crippen LogP contribution in [0.3, 0.4) is 0 Å². The Morgan fingerprint density at radius 3 is 2.71 bits per heavy atom. The Labute approximate surface area is 107 Å². The molecule has 17 heavy (non-hydrogen) atoms. The van der Waals surface area contributed by atoms with Gasteiger partial charge in [-0.05, 0) is 19.9 Å². The van der Waals surface area contributed by atoms with Crippen LogP contribution in [0.4, 0.5) is 0 Å². The van der Waals surface area contributed by atoms with Crippen LogP contribution in [-0.4, -0.2) is 49.1 Å². The van der Waals surface area contributed by atoms with Crippen molar-refractivity contribution in [3.63, 3.8) is 0 Å². The summed E-state index contributed by atoms with van der Waals surface area (Å²) in [7, 11) is -1.79. The molecule has 1 saturated heterocycles. The fourth-order valence-corrected chi connectivity index (χ4v) is 3.40. The summed E-state index contributed by atoms with van der Waals surface area (Å²) >= 11 is 0. The van der Waals surface area contributed by atoms with E-state index in [0.717, 1.165) is 13.0 Å². The van der Waals surface area contributed by atoms with Gasteiger partial charge in [0, 0.05) is 19.6 Å². The molecule has 1 aromatic rings. The van der Waals surface area contributed by atoms with Gasteiger partial charge >= 0.3 is 0 Å². The average molecular weight is 281 g/mol. The van der Waals surface area contributed by atoms with Crippen LogP contribution in [0.15, 0.2) is 11.1 Å². The molecule has 2 heterocycles. The highest BCUT2D eigenvalue weighted by molar-refractivity contribution is 7.89. The number of H-pyrrole nitrogens is 1. The van der Waals surface area contributed by atoms with E-state index in [0.29, 0.717) is 12.2 Å². The van der Waals surface area contributed by atoms with Gasteiger partial charge in [-0.25, -0.2) is 8.42 Å². The van der Waals surface area contributed by atoms with Crippen LogP contribution in [0.2, 0.25) is 0 Å². The van der Waals surface area contributed by atoms with Gasteiger partial charge in [0.05, 0.1) is 11.9 Å². The first-order chi connectivity index (χ1) is 7.53. The molecule has 1 fully saturated rings. The van der Waals surface area contributed by atoms with Crippen LogP contribution >= 0.6 is 12.4 Å². The van der Waals surface area contributed by atoms with Crippen molar-refractivity contribution in [2.75, 3.05) is 20.1 Å². The number of aryl methyl sites for hydroxylation is 1. The number of nitrogens with one attached hydrogen (secondary N) is 2. The number of hydrogen-bond acceptors (Lipinski definition) is 4. The first kappa shape index (κ1) is 14.4. The molecule has 0 spiro atoms. The third-order valence-electron chi connectivity index (χ3n) is 2.99. The second-order valence-corrected chi connectivity index (χ2v) is 5.99. The van der Waals surface area contributed by atoms with Crippen molar-refractivity contribution in [2.45, 2.75) is 24.3 Å². The van der Waals surface area contributed by atoms with E-state index in [9.17, 15) is 8.42 Å². The predicted octanol–water partition coefficient (Wildman–Crippen LogP) is 0.122. The third-order valence-corrected chi connectivity index (χ3v) is 5.01. The maximum absolute atomic E-state index is 12.2. The minimum Gasteiger partial charge on any atom is -0.315 e. The Kier molecular flexibility index (Phi) is 4.54. The second-order valence-electron chi connectivity index (χ2n) is 4.03. The number of rotatable bonds is 3. The van der Waals surface area contributed by atoms with E-state index in [1.807, 2.05) is 0 Å². The van der Waals surface area contributed by atoms with Crippen LogP contribution in [-0.2, 0) is 10.0 Å². The van der Waals surface area contributed by atoms with E-state index in [-0.39, 0.29) is 23.3 Å². The highest BCUT2D eigenvalue weighted by Crippen LogP contribution is 2.20. The van der Waals surface area contributed by atoms with E-state index in [1.54, 1.807) is 14.0 Å². The summed E-state index contributed by atoms with van der Waals surface area (Å²) in [4.78, 5) is 0.266. The van der Waals surface area contributed by atoms with Crippen LogP contribution < -0.4 is 5.32 Å².